The number of alkyl carbamates (subject to hydrolysis) is 1. The molecule has 0 aliphatic carbocycles. The van der Waals surface area contributed by atoms with E-state index < -0.39 is 11.7 Å². The molecule has 32 heavy (non-hydrogen) atoms. The zero-order chi connectivity index (χ0) is 23.6. The Morgan fingerprint density at radius 3 is 2.44 bits per heavy atom. The average Bonchev–Trinajstić information content (AvgIpc) is 2.71. The number of hydrogen-bond acceptors (Lipinski definition) is 4. The van der Waals surface area contributed by atoms with Crippen molar-refractivity contribution in [2.24, 2.45) is 0 Å². The molecule has 3 N–H and O–H groups in total. The zero-order valence-electron chi connectivity index (χ0n) is 18.4. The van der Waals surface area contributed by atoms with Gasteiger partial charge in [-0.1, -0.05) is 35.9 Å². The minimum Gasteiger partial charge on any atom is -0.444 e. The summed E-state index contributed by atoms with van der Waals surface area (Å²) in [5, 5.41) is 8.75. The first-order chi connectivity index (χ1) is 15.1. The van der Waals surface area contributed by atoms with Crippen LogP contribution in [0.15, 0.2) is 54.6 Å². The Balaban J connectivity index is 1.76. The van der Waals surface area contributed by atoms with Crippen molar-refractivity contribution in [1.29, 1.82) is 0 Å². The van der Waals surface area contributed by atoms with Crippen LogP contribution >= 0.6 is 11.6 Å². The van der Waals surface area contributed by atoms with Crippen LogP contribution in [0.1, 0.15) is 38.3 Å². The van der Waals surface area contributed by atoms with Gasteiger partial charge in [0.25, 0.3) is 0 Å². The summed E-state index contributed by atoms with van der Waals surface area (Å²) >= 11 is 5.85. The third-order valence-electron chi connectivity index (χ3n) is 4.00. The summed E-state index contributed by atoms with van der Waals surface area (Å²) in [6.45, 7) is 5.79. The summed E-state index contributed by atoms with van der Waals surface area (Å²) in [7, 11) is 0. The maximum Gasteiger partial charge on any atom is 0.407 e. The summed E-state index contributed by atoms with van der Waals surface area (Å²) in [6, 6.07) is 14.3. The molecular formula is C24H28ClN3O4. The van der Waals surface area contributed by atoms with Gasteiger partial charge in [0, 0.05) is 36.3 Å². The summed E-state index contributed by atoms with van der Waals surface area (Å²) < 4.78 is 5.11. The van der Waals surface area contributed by atoms with Crippen LogP contribution < -0.4 is 16.0 Å². The lowest BCUT2D eigenvalue weighted by Gasteiger charge is -2.19. The molecule has 0 aliphatic heterocycles. The second-order valence-electron chi connectivity index (χ2n) is 8.03. The van der Waals surface area contributed by atoms with Crippen molar-refractivity contribution in [1.82, 2.24) is 10.6 Å². The fourth-order valence-corrected chi connectivity index (χ4v) is 2.70. The first-order valence-corrected chi connectivity index (χ1v) is 10.6. The van der Waals surface area contributed by atoms with Gasteiger partial charge in [-0.15, -0.1) is 0 Å². The molecule has 0 saturated heterocycles. The van der Waals surface area contributed by atoms with Gasteiger partial charge in [0.15, 0.2) is 0 Å². The second-order valence-corrected chi connectivity index (χ2v) is 8.47. The summed E-state index contributed by atoms with van der Waals surface area (Å²) in [4.78, 5) is 35.7. The van der Waals surface area contributed by atoms with Crippen LogP contribution in [-0.2, 0) is 20.9 Å². The van der Waals surface area contributed by atoms with Crippen LogP contribution in [-0.4, -0.2) is 30.1 Å². The third kappa shape index (κ3) is 10.1. The Kier molecular flexibility index (Phi) is 9.28. The Morgan fingerprint density at radius 1 is 1.03 bits per heavy atom. The molecule has 2 aromatic rings. The highest BCUT2D eigenvalue weighted by atomic mass is 35.5. The number of anilines is 1. The van der Waals surface area contributed by atoms with Crippen molar-refractivity contribution in [2.75, 3.05) is 11.9 Å². The molecule has 7 nitrogen and oxygen atoms in total. The molecule has 0 unspecified atom stereocenters. The van der Waals surface area contributed by atoms with Gasteiger partial charge in [0.2, 0.25) is 11.8 Å². The molecule has 0 aromatic heterocycles. The van der Waals surface area contributed by atoms with Crippen LogP contribution in [0, 0.1) is 0 Å². The molecule has 2 aromatic carbocycles. The molecule has 0 aliphatic rings. The van der Waals surface area contributed by atoms with E-state index in [-0.39, 0.29) is 24.8 Å². The number of carbonyl (C=O) groups is 3. The molecular weight excluding hydrogens is 430 g/mol. The summed E-state index contributed by atoms with van der Waals surface area (Å²) in [6.07, 6.45) is 2.71. The first-order valence-electron chi connectivity index (χ1n) is 10.2. The smallest absolute Gasteiger partial charge is 0.407 e. The van der Waals surface area contributed by atoms with E-state index in [0.717, 1.165) is 11.1 Å². The van der Waals surface area contributed by atoms with Crippen molar-refractivity contribution in [3.63, 3.8) is 0 Å². The Labute approximate surface area is 193 Å². The lowest BCUT2D eigenvalue weighted by molar-refractivity contribution is -0.121. The summed E-state index contributed by atoms with van der Waals surface area (Å²) in [5.74, 6) is -0.476. The largest absolute Gasteiger partial charge is 0.444 e. The van der Waals surface area contributed by atoms with Crippen molar-refractivity contribution in [2.45, 2.75) is 39.3 Å². The molecule has 0 atom stereocenters. The number of halogens is 1. The van der Waals surface area contributed by atoms with E-state index in [1.54, 1.807) is 57.2 Å². The van der Waals surface area contributed by atoms with E-state index in [1.807, 2.05) is 18.2 Å². The van der Waals surface area contributed by atoms with Crippen molar-refractivity contribution in [3.8, 4) is 0 Å². The monoisotopic (exact) mass is 457 g/mol. The molecule has 2 rings (SSSR count). The van der Waals surface area contributed by atoms with Crippen LogP contribution in [0.2, 0.25) is 5.02 Å². The zero-order valence-corrected chi connectivity index (χ0v) is 19.2. The van der Waals surface area contributed by atoms with Gasteiger partial charge < -0.3 is 20.7 Å². The van der Waals surface area contributed by atoms with E-state index in [1.165, 1.54) is 6.08 Å². The van der Waals surface area contributed by atoms with E-state index in [2.05, 4.69) is 16.0 Å². The topological polar surface area (TPSA) is 96.5 Å². The van der Waals surface area contributed by atoms with Gasteiger partial charge in [-0.3, -0.25) is 9.59 Å². The van der Waals surface area contributed by atoms with Gasteiger partial charge in [-0.05, 0) is 62.2 Å². The molecule has 0 saturated carbocycles. The number of amides is 3. The quantitative estimate of drug-likeness (QED) is 0.507. The van der Waals surface area contributed by atoms with Gasteiger partial charge in [0.1, 0.15) is 5.60 Å². The number of rotatable bonds is 8. The van der Waals surface area contributed by atoms with Crippen molar-refractivity contribution in [3.05, 3.63) is 70.8 Å². The maximum absolute atomic E-state index is 12.2. The molecule has 0 bridgehead atoms. The predicted octanol–water partition coefficient (Wildman–Crippen LogP) is 4.52. The molecule has 0 fully saturated rings. The molecule has 8 heteroatoms. The van der Waals surface area contributed by atoms with E-state index >= 15 is 0 Å². The lowest BCUT2D eigenvalue weighted by atomic mass is 10.2. The number of ether oxygens (including phenoxy) is 1. The number of nitrogens with one attached hydrogen (secondary N) is 3. The molecule has 3 amide bonds. The predicted molar refractivity (Wildman–Crippen MR) is 126 cm³/mol. The highest BCUT2D eigenvalue weighted by molar-refractivity contribution is 6.30. The Morgan fingerprint density at radius 2 is 1.75 bits per heavy atom. The molecule has 0 spiro atoms. The van der Waals surface area contributed by atoms with E-state index in [4.69, 9.17) is 16.3 Å². The third-order valence-corrected chi connectivity index (χ3v) is 4.25. The van der Waals surface area contributed by atoms with Crippen LogP contribution in [0.5, 0.6) is 0 Å². The fraction of sp³-hybridized carbons (Fsp3) is 0.292. The minimum absolute atomic E-state index is 0.130. The van der Waals surface area contributed by atoms with Crippen molar-refractivity contribution < 1.29 is 19.1 Å². The molecule has 0 heterocycles. The fourth-order valence-electron chi connectivity index (χ4n) is 2.57. The van der Waals surface area contributed by atoms with Gasteiger partial charge in [0.05, 0.1) is 0 Å². The highest BCUT2D eigenvalue weighted by Crippen LogP contribution is 2.13. The summed E-state index contributed by atoms with van der Waals surface area (Å²) in [5.41, 5.74) is 1.73. The standard InChI is InChI=1S/C24H28ClN3O4/c1-24(2,3)32-23(31)26-14-13-21(29)27-16-18-5-4-6-20(15-18)28-22(30)12-9-17-7-10-19(25)11-8-17/h4-12,15H,13-14,16H2,1-3H3,(H,26,31)(H,27,29)(H,28,30)/b12-9+. The normalized spacial score (nSPS) is 11.1. The van der Waals surface area contributed by atoms with Gasteiger partial charge >= 0.3 is 6.09 Å². The molecule has 0 radical (unpaired) electrons. The van der Waals surface area contributed by atoms with Crippen LogP contribution in [0.3, 0.4) is 0 Å². The molecule has 170 valence electrons. The number of carbonyl (C=O) groups excluding carboxylic acids is 3. The van der Waals surface area contributed by atoms with Crippen LogP contribution in [0.4, 0.5) is 10.5 Å². The van der Waals surface area contributed by atoms with Crippen molar-refractivity contribution >= 4 is 41.3 Å². The Hall–Kier alpha value is -3.32. The number of benzene rings is 2. The van der Waals surface area contributed by atoms with E-state index in [0.29, 0.717) is 17.3 Å². The number of hydrogen-bond donors (Lipinski definition) is 3. The first kappa shape index (κ1) is 24.9. The lowest BCUT2D eigenvalue weighted by Crippen LogP contribution is -2.35. The maximum atomic E-state index is 12.2. The average molecular weight is 458 g/mol. The van der Waals surface area contributed by atoms with Gasteiger partial charge in [-0.2, -0.15) is 0 Å². The SMILES string of the molecule is CC(C)(C)OC(=O)NCCC(=O)NCc1cccc(NC(=O)/C=C/c2ccc(Cl)cc2)c1. The van der Waals surface area contributed by atoms with Crippen LogP contribution in [0.25, 0.3) is 6.08 Å². The highest BCUT2D eigenvalue weighted by Gasteiger charge is 2.15. The minimum atomic E-state index is -0.585. The Bertz CT molecular complexity index is 966. The van der Waals surface area contributed by atoms with E-state index in [9.17, 15) is 14.4 Å². The van der Waals surface area contributed by atoms with Gasteiger partial charge in [-0.25, -0.2) is 4.79 Å². The second kappa shape index (κ2) is 11.9.